The van der Waals surface area contributed by atoms with E-state index in [0.717, 1.165) is 30.4 Å². The third-order valence-electron chi connectivity index (χ3n) is 4.55. The fraction of sp³-hybridized carbons (Fsp3) is 0.571. The Morgan fingerprint density at radius 1 is 1.35 bits per heavy atom. The van der Waals surface area contributed by atoms with E-state index in [0.29, 0.717) is 19.1 Å². The lowest BCUT2D eigenvalue weighted by Crippen LogP contribution is -2.40. The van der Waals surface area contributed by atoms with Crippen LogP contribution in [0.4, 0.5) is 0 Å². The van der Waals surface area contributed by atoms with Crippen molar-refractivity contribution in [3.8, 4) is 5.75 Å². The van der Waals surface area contributed by atoms with Gasteiger partial charge in [0.25, 0.3) is 0 Å². The zero-order valence-electron chi connectivity index (χ0n) is 16.3. The predicted octanol–water partition coefficient (Wildman–Crippen LogP) is 3.04. The smallest absolute Gasteiger partial charge is 0.191 e. The maximum absolute atomic E-state index is 5.72. The van der Waals surface area contributed by atoms with Gasteiger partial charge in [-0.3, -0.25) is 0 Å². The first-order valence-corrected chi connectivity index (χ1v) is 9.82. The molecule has 0 spiro atoms. The van der Waals surface area contributed by atoms with Gasteiger partial charge in [-0.15, -0.1) is 0 Å². The summed E-state index contributed by atoms with van der Waals surface area (Å²) < 4.78 is 5.72. The number of rotatable bonds is 10. The second-order valence-electron chi connectivity index (χ2n) is 6.74. The van der Waals surface area contributed by atoms with Gasteiger partial charge in [-0.2, -0.15) is 0 Å². The number of para-hydroxylation sites is 1. The van der Waals surface area contributed by atoms with E-state index in [9.17, 15) is 0 Å². The number of guanidine groups is 1. The summed E-state index contributed by atoms with van der Waals surface area (Å²) in [7, 11) is 0. The van der Waals surface area contributed by atoms with E-state index in [1.807, 2.05) is 18.2 Å². The lowest BCUT2D eigenvalue weighted by Gasteiger charge is -2.17. The van der Waals surface area contributed by atoms with E-state index in [1.54, 1.807) is 6.08 Å². The molecule has 2 rings (SSSR count). The quantitative estimate of drug-likeness (QED) is 0.383. The minimum absolute atomic E-state index is 0.509. The van der Waals surface area contributed by atoms with Crippen LogP contribution in [0.25, 0.3) is 0 Å². The number of aliphatic imine (C=N–C) groups is 1. The molecule has 5 heteroatoms. The van der Waals surface area contributed by atoms with Crippen molar-refractivity contribution < 1.29 is 4.74 Å². The number of nitrogens with one attached hydrogen (secondary N) is 2. The summed E-state index contributed by atoms with van der Waals surface area (Å²) in [4.78, 5) is 7.30. The normalized spacial score (nSPS) is 17.9. The van der Waals surface area contributed by atoms with Crippen molar-refractivity contribution in [1.29, 1.82) is 0 Å². The molecule has 26 heavy (non-hydrogen) atoms. The molecule has 5 nitrogen and oxygen atoms in total. The van der Waals surface area contributed by atoms with E-state index >= 15 is 0 Å². The summed E-state index contributed by atoms with van der Waals surface area (Å²) in [6.07, 6.45) is 4.26. The van der Waals surface area contributed by atoms with Crippen LogP contribution in [0, 0.1) is 5.92 Å². The second kappa shape index (κ2) is 11.6. The van der Waals surface area contributed by atoms with Crippen LogP contribution in [0.1, 0.15) is 32.3 Å². The lowest BCUT2D eigenvalue weighted by atomic mass is 10.1. The van der Waals surface area contributed by atoms with Crippen LogP contribution >= 0.6 is 0 Å². The topological polar surface area (TPSA) is 48.9 Å². The first kappa shape index (κ1) is 20.3. The van der Waals surface area contributed by atoms with Gasteiger partial charge in [0.05, 0.1) is 6.54 Å². The number of hydrogen-bond acceptors (Lipinski definition) is 3. The summed E-state index contributed by atoms with van der Waals surface area (Å²) in [5, 5.41) is 6.86. The molecule has 1 aromatic carbocycles. The molecule has 0 amide bonds. The third-order valence-corrected chi connectivity index (χ3v) is 4.55. The molecule has 1 saturated heterocycles. The third kappa shape index (κ3) is 6.71. The molecule has 1 fully saturated rings. The Labute approximate surface area is 158 Å². The Bertz CT molecular complexity index is 573. The zero-order chi connectivity index (χ0) is 18.6. The van der Waals surface area contributed by atoms with Crippen molar-refractivity contribution in [2.45, 2.75) is 33.2 Å². The van der Waals surface area contributed by atoms with E-state index in [2.05, 4.69) is 42.0 Å². The van der Waals surface area contributed by atoms with Crippen molar-refractivity contribution >= 4 is 5.96 Å². The lowest BCUT2D eigenvalue weighted by molar-refractivity contribution is 0.324. The van der Waals surface area contributed by atoms with Gasteiger partial charge in [-0.1, -0.05) is 37.8 Å². The van der Waals surface area contributed by atoms with E-state index in [1.165, 1.54) is 32.5 Å². The summed E-state index contributed by atoms with van der Waals surface area (Å²) in [5.41, 5.74) is 1.08. The molecular weight excluding hydrogens is 324 g/mol. The fourth-order valence-corrected chi connectivity index (χ4v) is 3.27. The molecule has 0 bridgehead atoms. The number of hydrogen-bond donors (Lipinski definition) is 2. The van der Waals surface area contributed by atoms with Gasteiger partial charge in [0.2, 0.25) is 0 Å². The van der Waals surface area contributed by atoms with Crippen LogP contribution in [-0.2, 0) is 6.54 Å². The average molecular weight is 359 g/mol. The van der Waals surface area contributed by atoms with Crippen molar-refractivity contribution in [1.82, 2.24) is 15.5 Å². The zero-order valence-corrected chi connectivity index (χ0v) is 16.3. The maximum atomic E-state index is 5.72. The Balaban J connectivity index is 1.89. The molecule has 1 aliphatic heterocycles. The van der Waals surface area contributed by atoms with Crippen LogP contribution in [-0.4, -0.2) is 50.2 Å². The van der Waals surface area contributed by atoms with Crippen LogP contribution in [0.2, 0.25) is 0 Å². The van der Waals surface area contributed by atoms with E-state index < -0.39 is 0 Å². The van der Waals surface area contributed by atoms with Crippen molar-refractivity contribution in [2.75, 3.05) is 39.3 Å². The number of ether oxygens (including phenoxy) is 1. The van der Waals surface area contributed by atoms with Crippen molar-refractivity contribution in [3.63, 3.8) is 0 Å². The average Bonchev–Trinajstić information content (AvgIpc) is 3.11. The second-order valence-corrected chi connectivity index (χ2v) is 6.74. The molecule has 144 valence electrons. The number of nitrogens with zero attached hydrogens (tertiary/aromatic N) is 2. The van der Waals surface area contributed by atoms with Gasteiger partial charge < -0.3 is 20.3 Å². The minimum Gasteiger partial charge on any atom is -0.489 e. The van der Waals surface area contributed by atoms with Crippen molar-refractivity contribution in [2.24, 2.45) is 10.9 Å². The Kier molecular flexibility index (Phi) is 9.04. The van der Waals surface area contributed by atoms with Gasteiger partial charge in [0.15, 0.2) is 5.96 Å². The highest BCUT2D eigenvalue weighted by atomic mass is 16.5. The monoisotopic (exact) mass is 358 g/mol. The van der Waals surface area contributed by atoms with Gasteiger partial charge in [-0.25, -0.2) is 4.99 Å². The SMILES string of the molecule is C=CCOc1ccccc1CN=C(NCC)NCC1CCN(CCC)C1. The molecule has 2 N–H and O–H groups in total. The van der Waals surface area contributed by atoms with E-state index in [-0.39, 0.29) is 0 Å². The molecule has 1 heterocycles. The van der Waals surface area contributed by atoms with Crippen LogP contribution in [0.15, 0.2) is 41.9 Å². The van der Waals surface area contributed by atoms with Gasteiger partial charge in [0.1, 0.15) is 12.4 Å². The predicted molar refractivity (Wildman–Crippen MR) is 110 cm³/mol. The highest BCUT2D eigenvalue weighted by Crippen LogP contribution is 2.19. The van der Waals surface area contributed by atoms with Gasteiger partial charge >= 0.3 is 0 Å². The minimum atomic E-state index is 0.509. The largest absolute Gasteiger partial charge is 0.489 e. The summed E-state index contributed by atoms with van der Waals surface area (Å²) in [6, 6.07) is 8.05. The van der Waals surface area contributed by atoms with Crippen LogP contribution in [0.3, 0.4) is 0 Å². The Hall–Kier alpha value is -2.01. The summed E-state index contributed by atoms with van der Waals surface area (Å²) in [6.45, 7) is 14.6. The van der Waals surface area contributed by atoms with Gasteiger partial charge in [-0.05, 0) is 44.8 Å². The molecule has 0 aromatic heterocycles. The molecule has 0 radical (unpaired) electrons. The first-order chi connectivity index (χ1) is 12.8. The van der Waals surface area contributed by atoms with Crippen LogP contribution < -0.4 is 15.4 Å². The van der Waals surface area contributed by atoms with Gasteiger partial charge in [0, 0.05) is 25.2 Å². The standard InChI is InChI=1S/C21H34N4O/c1-4-12-25-13-11-18(17-25)15-23-21(22-6-3)24-16-19-9-7-8-10-20(19)26-14-5-2/h5,7-10,18H,2,4,6,11-17H2,1,3H3,(H2,22,23,24). The molecule has 1 aromatic rings. The fourth-order valence-electron chi connectivity index (χ4n) is 3.27. The molecular formula is C21H34N4O. The molecule has 1 aliphatic rings. The molecule has 1 atom stereocenters. The first-order valence-electron chi connectivity index (χ1n) is 9.82. The molecule has 0 aliphatic carbocycles. The highest BCUT2D eigenvalue weighted by Gasteiger charge is 2.21. The maximum Gasteiger partial charge on any atom is 0.191 e. The number of likely N-dealkylation sites (tertiary alicyclic amines) is 1. The molecule has 1 unspecified atom stereocenters. The van der Waals surface area contributed by atoms with Crippen LogP contribution in [0.5, 0.6) is 5.75 Å². The Morgan fingerprint density at radius 2 is 2.19 bits per heavy atom. The summed E-state index contributed by atoms with van der Waals surface area (Å²) >= 11 is 0. The Morgan fingerprint density at radius 3 is 2.96 bits per heavy atom. The number of benzene rings is 1. The van der Waals surface area contributed by atoms with E-state index in [4.69, 9.17) is 9.73 Å². The highest BCUT2D eigenvalue weighted by molar-refractivity contribution is 5.79. The summed E-state index contributed by atoms with van der Waals surface area (Å²) in [5.74, 6) is 2.45. The molecule has 0 saturated carbocycles. The van der Waals surface area contributed by atoms with Crippen molar-refractivity contribution in [3.05, 3.63) is 42.5 Å².